The largest absolute Gasteiger partial charge is 0.444 e. The number of carbonyl (C=O) groups is 1. The van der Waals surface area contributed by atoms with Crippen LogP contribution in [-0.4, -0.2) is 34.7 Å². The SMILES string of the molecule is CC(C)(C)OC(=O)N1CCC(=C(F)c2cccc(N)n2)CC1. The van der Waals surface area contributed by atoms with Crippen molar-refractivity contribution in [3.05, 3.63) is 29.5 Å². The Bertz CT molecular complexity index is 583. The molecule has 1 amide bonds. The van der Waals surface area contributed by atoms with Crippen molar-refractivity contribution in [2.75, 3.05) is 18.8 Å². The Morgan fingerprint density at radius 2 is 1.95 bits per heavy atom. The van der Waals surface area contributed by atoms with E-state index in [1.54, 1.807) is 23.1 Å². The smallest absolute Gasteiger partial charge is 0.410 e. The van der Waals surface area contributed by atoms with Gasteiger partial charge in [0.2, 0.25) is 0 Å². The van der Waals surface area contributed by atoms with Gasteiger partial charge < -0.3 is 15.4 Å². The van der Waals surface area contributed by atoms with Gasteiger partial charge in [0.25, 0.3) is 0 Å². The third-order valence-electron chi connectivity index (χ3n) is 3.32. The van der Waals surface area contributed by atoms with Crippen LogP contribution in [0.2, 0.25) is 0 Å². The second-order valence-electron chi connectivity index (χ2n) is 6.33. The lowest BCUT2D eigenvalue weighted by Gasteiger charge is -2.31. The maximum absolute atomic E-state index is 14.4. The predicted molar refractivity (Wildman–Crippen MR) is 83.7 cm³/mol. The Hall–Kier alpha value is -2.11. The van der Waals surface area contributed by atoms with Crippen molar-refractivity contribution in [1.82, 2.24) is 9.88 Å². The summed E-state index contributed by atoms with van der Waals surface area (Å²) in [6.07, 6.45) is 0.595. The monoisotopic (exact) mass is 307 g/mol. The highest BCUT2D eigenvalue weighted by Gasteiger charge is 2.26. The first-order valence-corrected chi connectivity index (χ1v) is 7.34. The van der Waals surface area contributed by atoms with Crippen LogP contribution >= 0.6 is 0 Å². The van der Waals surface area contributed by atoms with Crippen LogP contribution in [0.5, 0.6) is 0 Å². The van der Waals surface area contributed by atoms with E-state index in [1.807, 2.05) is 20.8 Å². The van der Waals surface area contributed by atoms with E-state index in [0.29, 0.717) is 37.3 Å². The lowest BCUT2D eigenvalue weighted by Crippen LogP contribution is -2.40. The van der Waals surface area contributed by atoms with Crippen LogP contribution in [0.4, 0.5) is 15.0 Å². The number of hydrogen-bond donors (Lipinski definition) is 1. The maximum Gasteiger partial charge on any atom is 0.410 e. The first kappa shape index (κ1) is 16.3. The van der Waals surface area contributed by atoms with E-state index in [-0.39, 0.29) is 17.6 Å². The standard InChI is InChI=1S/C16H22FN3O2/c1-16(2,3)22-15(21)20-9-7-11(8-10-20)14(17)12-5-4-6-13(18)19-12/h4-6H,7-10H2,1-3H3,(H2,18,19). The molecule has 0 radical (unpaired) electrons. The summed E-state index contributed by atoms with van der Waals surface area (Å²) < 4.78 is 19.7. The fourth-order valence-corrected chi connectivity index (χ4v) is 2.26. The van der Waals surface area contributed by atoms with Gasteiger partial charge in [-0.3, -0.25) is 0 Å². The molecule has 0 atom stereocenters. The molecule has 0 spiro atoms. The van der Waals surface area contributed by atoms with Gasteiger partial charge >= 0.3 is 6.09 Å². The number of nitrogens with two attached hydrogens (primary N) is 1. The molecule has 0 aromatic carbocycles. The van der Waals surface area contributed by atoms with E-state index in [9.17, 15) is 9.18 Å². The summed E-state index contributed by atoms with van der Waals surface area (Å²) in [5.74, 6) is -0.0458. The summed E-state index contributed by atoms with van der Waals surface area (Å²) in [4.78, 5) is 17.6. The minimum Gasteiger partial charge on any atom is -0.444 e. The number of nitrogens with zero attached hydrogens (tertiary/aromatic N) is 2. The van der Waals surface area contributed by atoms with Gasteiger partial charge in [0, 0.05) is 13.1 Å². The number of hydrogen-bond acceptors (Lipinski definition) is 4. The molecule has 0 saturated carbocycles. The van der Waals surface area contributed by atoms with E-state index < -0.39 is 5.60 Å². The van der Waals surface area contributed by atoms with Crippen LogP contribution in [0.3, 0.4) is 0 Å². The summed E-state index contributed by atoms with van der Waals surface area (Å²) in [6.45, 7) is 6.36. The van der Waals surface area contributed by atoms with E-state index in [1.165, 1.54) is 0 Å². The highest BCUT2D eigenvalue weighted by Crippen LogP contribution is 2.27. The van der Waals surface area contributed by atoms with Crippen LogP contribution in [0, 0.1) is 0 Å². The molecule has 1 saturated heterocycles. The van der Waals surface area contributed by atoms with Crippen LogP contribution < -0.4 is 5.73 Å². The number of pyridine rings is 1. The van der Waals surface area contributed by atoms with Gasteiger partial charge in [-0.1, -0.05) is 6.07 Å². The first-order valence-electron chi connectivity index (χ1n) is 7.34. The number of halogens is 1. The van der Waals surface area contributed by atoms with Crippen LogP contribution in [0.25, 0.3) is 5.83 Å². The molecule has 1 aromatic heterocycles. The van der Waals surface area contributed by atoms with Crippen molar-refractivity contribution in [2.45, 2.75) is 39.2 Å². The molecule has 0 unspecified atom stereocenters. The number of rotatable bonds is 1. The van der Waals surface area contributed by atoms with Crippen molar-refractivity contribution >= 4 is 17.7 Å². The highest BCUT2D eigenvalue weighted by atomic mass is 19.1. The zero-order chi connectivity index (χ0) is 16.3. The molecule has 2 heterocycles. The number of aromatic nitrogens is 1. The van der Waals surface area contributed by atoms with Crippen molar-refractivity contribution in [2.24, 2.45) is 0 Å². The van der Waals surface area contributed by atoms with Gasteiger partial charge in [-0.05, 0) is 51.3 Å². The topological polar surface area (TPSA) is 68.5 Å². The van der Waals surface area contributed by atoms with Crippen molar-refractivity contribution in [3.8, 4) is 0 Å². The molecule has 1 aliphatic rings. The highest BCUT2D eigenvalue weighted by molar-refractivity contribution is 5.69. The zero-order valence-electron chi connectivity index (χ0n) is 13.2. The lowest BCUT2D eigenvalue weighted by atomic mass is 10.0. The Morgan fingerprint density at radius 1 is 1.32 bits per heavy atom. The van der Waals surface area contributed by atoms with Gasteiger partial charge in [-0.2, -0.15) is 0 Å². The molecular formula is C16H22FN3O2. The molecular weight excluding hydrogens is 285 g/mol. The minimum atomic E-state index is -0.524. The molecule has 0 aliphatic carbocycles. The Morgan fingerprint density at radius 3 is 2.50 bits per heavy atom. The van der Waals surface area contributed by atoms with E-state index in [2.05, 4.69) is 4.98 Å². The quantitative estimate of drug-likeness (QED) is 0.863. The second kappa shape index (κ2) is 6.34. The number of carbonyl (C=O) groups excluding carboxylic acids is 1. The van der Waals surface area contributed by atoms with Crippen molar-refractivity contribution < 1.29 is 13.9 Å². The number of ether oxygens (including phenoxy) is 1. The summed E-state index contributed by atoms with van der Waals surface area (Å²) in [5, 5.41) is 0. The van der Waals surface area contributed by atoms with Crippen LogP contribution in [0.1, 0.15) is 39.3 Å². The number of piperidine rings is 1. The molecule has 2 rings (SSSR count). The number of nitrogen functional groups attached to an aromatic ring is 1. The van der Waals surface area contributed by atoms with Crippen LogP contribution in [0.15, 0.2) is 23.8 Å². The third kappa shape index (κ3) is 4.19. The fraction of sp³-hybridized carbons (Fsp3) is 0.500. The lowest BCUT2D eigenvalue weighted by molar-refractivity contribution is 0.0236. The van der Waals surface area contributed by atoms with Gasteiger partial charge in [-0.15, -0.1) is 0 Å². The van der Waals surface area contributed by atoms with Gasteiger partial charge in [0.15, 0.2) is 0 Å². The second-order valence-corrected chi connectivity index (χ2v) is 6.33. The Kier molecular flexibility index (Phi) is 4.68. The average Bonchev–Trinajstić information content (AvgIpc) is 2.45. The molecule has 1 aliphatic heterocycles. The Balaban J connectivity index is 2.02. The molecule has 120 valence electrons. The predicted octanol–water partition coefficient (Wildman–Crippen LogP) is 3.38. The molecule has 0 bridgehead atoms. The Labute approximate surface area is 130 Å². The maximum atomic E-state index is 14.4. The summed E-state index contributed by atoms with van der Waals surface area (Å²) in [5.41, 5.74) is 5.97. The molecule has 1 aromatic rings. The average molecular weight is 307 g/mol. The molecule has 5 nitrogen and oxygen atoms in total. The number of amides is 1. The first-order chi connectivity index (χ1) is 10.3. The molecule has 2 N–H and O–H groups in total. The minimum absolute atomic E-state index is 0.251. The summed E-state index contributed by atoms with van der Waals surface area (Å²) >= 11 is 0. The van der Waals surface area contributed by atoms with E-state index in [4.69, 9.17) is 10.5 Å². The van der Waals surface area contributed by atoms with Gasteiger partial charge in [0.05, 0.1) is 0 Å². The fourth-order valence-electron chi connectivity index (χ4n) is 2.26. The van der Waals surface area contributed by atoms with Gasteiger partial charge in [0.1, 0.15) is 22.9 Å². The van der Waals surface area contributed by atoms with Crippen molar-refractivity contribution in [1.29, 1.82) is 0 Å². The van der Waals surface area contributed by atoms with E-state index in [0.717, 1.165) is 0 Å². The molecule has 6 heteroatoms. The third-order valence-corrected chi connectivity index (χ3v) is 3.32. The summed E-state index contributed by atoms with van der Waals surface area (Å²) in [7, 11) is 0. The van der Waals surface area contributed by atoms with Crippen molar-refractivity contribution in [3.63, 3.8) is 0 Å². The van der Waals surface area contributed by atoms with Gasteiger partial charge in [-0.25, -0.2) is 14.2 Å². The number of anilines is 1. The summed E-state index contributed by atoms with van der Waals surface area (Å²) in [6, 6.07) is 4.89. The molecule has 1 fully saturated rings. The normalized spacial score (nSPS) is 15.6. The zero-order valence-corrected chi connectivity index (χ0v) is 13.2. The van der Waals surface area contributed by atoms with Crippen LogP contribution in [-0.2, 0) is 4.74 Å². The van der Waals surface area contributed by atoms with E-state index >= 15 is 0 Å². The molecule has 22 heavy (non-hydrogen) atoms. The number of likely N-dealkylation sites (tertiary alicyclic amines) is 1.